The van der Waals surface area contributed by atoms with Crippen molar-refractivity contribution in [2.24, 2.45) is 11.1 Å². The molecule has 0 radical (unpaired) electrons. The molecule has 1 aliphatic carbocycles. The molecule has 0 atom stereocenters. The summed E-state index contributed by atoms with van der Waals surface area (Å²) in [7, 11) is 0. The molecule has 2 heteroatoms. The first kappa shape index (κ1) is 14.7. The van der Waals surface area contributed by atoms with Crippen LogP contribution < -0.4 is 5.73 Å². The van der Waals surface area contributed by atoms with Gasteiger partial charge in [0, 0.05) is 18.4 Å². The van der Waals surface area contributed by atoms with Gasteiger partial charge < -0.3 is 5.73 Å². The largest absolute Gasteiger partial charge is 0.329 e. The number of hydrogen-bond acceptors (Lipinski definition) is 2. The summed E-state index contributed by atoms with van der Waals surface area (Å²) in [6, 6.07) is 0. The van der Waals surface area contributed by atoms with Crippen LogP contribution in [0.15, 0.2) is 0 Å². The smallest absolute Gasteiger partial charge is 0.140 e. The fraction of sp³-hybridized carbons (Fsp3) is 0.933. The van der Waals surface area contributed by atoms with Crippen molar-refractivity contribution in [1.29, 1.82) is 0 Å². The first-order chi connectivity index (χ1) is 8.25. The lowest BCUT2D eigenvalue weighted by atomic mass is 9.79. The van der Waals surface area contributed by atoms with Gasteiger partial charge in [0.25, 0.3) is 0 Å². The van der Waals surface area contributed by atoms with Crippen LogP contribution in [0, 0.1) is 5.41 Å². The molecule has 100 valence electrons. The van der Waals surface area contributed by atoms with E-state index in [4.69, 9.17) is 5.73 Å². The molecule has 1 rings (SSSR count). The molecule has 2 nitrogen and oxygen atoms in total. The molecule has 1 fully saturated rings. The maximum atomic E-state index is 12.2. The Balaban J connectivity index is 2.15. The fourth-order valence-corrected chi connectivity index (χ4v) is 2.98. The van der Waals surface area contributed by atoms with Gasteiger partial charge in [-0.1, -0.05) is 51.9 Å². The van der Waals surface area contributed by atoms with Crippen LogP contribution in [0.1, 0.15) is 77.6 Å². The zero-order valence-corrected chi connectivity index (χ0v) is 11.5. The highest BCUT2D eigenvalue weighted by Crippen LogP contribution is 2.39. The van der Waals surface area contributed by atoms with Gasteiger partial charge in [0.1, 0.15) is 5.78 Å². The van der Waals surface area contributed by atoms with Crippen LogP contribution in [0.5, 0.6) is 0 Å². The second kappa shape index (κ2) is 7.86. The van der Waals surface area contributed by atoms with E-state index < -0.39 is 0 Å². The third kappa shape index (κ3) is 4.42. The predicted octanol–water partition coefficient (Wildman–Crippen LogP) is 3.83. The Morgan fingerprint density at radius 3 is 2.24 bits per heavy atom. The average molecular weight is 239 g/mol. The highest BCUT2D eigenvalue weighted by atomic mass is 16.1. The van der Waals surface area contributed by atoms with Gasteiger partial charge in [0.15, 0.2) is 0 Å². The molecule has 2 N–H and O–H groups in total. The molecule has 0 aromatic heterocycles. The van der Waals surface area contributed by atoms with Crippen LogP contribution in [-0.4, -0.2) is 12.3 Å². The Hall–Kier alpha value is -0.370. The molecular formula is C15H29NO. The van der Waals surface area contributed by atoms with Crippen molar-refractivity contribution in [2.45, 2.75) is 77.6 Å². The van der Waals surface area contributed by atoms with E-state index in [-0.39, 0.29) is 5.41 Å². The van der Waals surface area contributed by atoms with Crippen molar-refractivity contribution >= 4 is 5.78 Å². The Morgan fingerprint density at radius 2 is 1.65 bits per heavy atom. The quantitative estimate of drug-likeness (QED) is 0.621. The Labute approximate surface area is 106 Å². The van der Waals surface area contributed by atoms with Gasteiger partial charge in [-0.25, -0.2) is 0 Å². The molecule has 0 aromatic rings. The van der Waals surface area contributed by atoms with Crippen molar-refractivity contribution in [3.8, 4) is 0 Å². The molecule has 0 heterocycles. The summed E-state index contributed by atoms with van der Waals surface area (Å²) >= 11 is 0. The topological polar surface area (TPSA) is 43.1 Å². The normalized spacial score (nSPS) is 18.5. The first-order valence-corrected chi connectivity index (χ1v) is 7.48. The van der Waals surface area contributed by atoms with Gasteiger partial charge in [0.05, 0.1) is 0 Å². The van der Waals surface area contributed by atoms with Crippen LogP contribution in [-0.2, 0) is 4.79 Å². The van der Waals surface area contributed by atoms with Gasteiger partial charge in [-0.15, -0.1) is 0 Å². The zero-order chi connectivity index (χ0) is 12.6. The van der Waals surface area contributed by atoms with E-state index in [0.29, 0.717) is 12.3 Å². The van der Waals surface area contributed by atoms with Gasteiger partial charge in [-0.05, 0) is 19.3 Å². The third-order valence-corrected chi connectivity index (χ3v) is 4.30. The third-order valence-electron chi connectivity index (χ3n) is 4.30. The maximum absolute atomic E-state index is 12.2. The highest BCUT2D eigenvalue weighted by Gasteiger charge is 2.38. The van der Waals surface area contributed by atoms with E-state index in [2.05, 4.69) is 6.92 Å². The van der Waals surface area contributed by atoms with Crippen LogP contribution in [0.3, 0.4) is 0 Å². The number of unbranched alkanes of at least 4 members (excludes halogenated alkanes) is 5. The Kier molecular flexibility index (Phi) is 6.79. The maximum Gasteiger partial charge on any atom is 0.140 e. The first-order valence-electron chi connectivity index (χ1n) is 7.48. The lowest BCUT2D eigenvalue weighted by Gasteiger charge is -2.25. The van der Waals surface area contributed by atoms with E-state index >= 15 is 0 Å². The van der Waals surface area contributed by atoms with Gasteiger partial charge in [0.2, 0.25) is 0 Å². The van der Waals surface area contributed by atoms with Crippen molar-refractivity contribution in [3.05, 3.63) is 0 Å². The number of nitrogens with two attached hydrogens (primary N) is 1. The van der Waals surface area contributed by atoms with Crippen LogP contribution in [0.25, 0.3) is 0 Å². The van der Waals surface area contributed by atoms with Crippen molar-refractivity contribution < 1.29 is 4.79 Å². The lowest BCUT2D eigenvalue weighted by Crippen LogP contribution is -2.35. The minimum atomic E-state index is -0.122. The summed E-state index contributed by atoms with van der Waals surface area (Å²) in [6.07, 6.45) is 12.8. The number of ketones is 1. The number of hydrogen-bond donors (Lipinski definition) is 1. The summed E-state index contributed by atoms with van der Waals surface area (Å²) in [5.41, 5.74) is 5.70. The van der Waals surface area contributed by atoms with E-state index in [9.17, 15) is 4.79 Å². The molecule has 17 heavy (non-hydrogen) atoms. The molecule has 0 bridgehead atoms. The zero-order valence-electron chi connectivity index (χ0n) is 11.5. The number of Topliss-reactive ketones (excluding diaryl/α,β-unsaturated/α-hetero) is 1. The Morgan fingerprint density at radius 1 is 1.06 bits per heavy atom. The minimum absolute atomic E-state index is 0.122. The van der Waals surface area contributed by atoms with Gasteiger partial charge in [-0.2, -0.15) is 0 Å². The van der Waals surface area contributed by atoms with Crippen molar-refractivity contribution in [3.63, 3.8) is 0 Å². The highest BCUT2D eigenvalue weighted by molar-refractivity contribution is 5.85. The molecular weight excluding hydrogens is 210 g/mol. The molecule has 1 saturated carbocycles. The van der Waals surface area contributed by atoms with E-state index in [0.717, 1.165) is 25.7 Å². The second-order valence-corrected chi connectivity index (χ2v) is 5.63. The molecule has 0 spiro atoms. The second-order valence-electron chi connectivity index (χ2n) is 5.63. The van der Waals surface area contributed by atoms with Crippen molar-refractivity contribution in [2.75, 3.05) is 6.54 Å². The molecule has 1 aliphatic rings. The van der Waals surface area contributed by atoms with Crippen LogP contribution in [0.4, 0.5) is 0 Å². The average Bonchev–Trinajstić information content (AvgIpc) is 2.83. The molecule has 0 unspecified atom stereocenters. The number of carbonyl (C=O) groups is 1. The summed E-state index contributed by atoms with van der Waals surface area (Å²) in [4.78, 5) is 12.2. The van der Waals surface area contributed by atoms with Crippen LogP contribution >= 0.6 is 0 Å². The summed E-state index contributed by atoms with van der Waals surface area (Å²) in [6.45, 7) is 2.80. The number of rotatable bonds is 9. The summed E-state index contributed by atoms with van der Waals surface area (Å²) in [5.74, 6) is 0.452. The Bertz CT molecular complexity index is 219. The van der Waals surface area contributed by atoms with Crippen LogP contribution in [0.2, 0.25) is 0 Å². The fourth-order valence-electron chi connectivity index (χ4n) is 2.98. The monoisotopic (exact) mass is 239 g/mol. The molecule has 0 saturated heterocycles. The standard InChI is InChI=1S/C15H29NO/c1-2-3-4-5-6-7-10-14(17)15(13-16)11-8-9-12-15/h2-13,16H2,1H3. The predicted molar refractivity (Wildman–Crippen MR) is 73.0 cm³/mol. The summed E-state index contributed by atoms with van der Waals surface area (Å²) < 4.78 is 0. The SMILES string of the molecule is CCCCCCCCC(=O)C1(CN)CCCC1. The molecule has 0 amide bonds. The van der Waals surface area contributed by atoms with E-state index in [1.807, 2.05) is 0 Å². The molecule has 0 aromatic carbocycles. The van der Waals surface area contributed by atoms with E-state index in [1.165, 1.54) is 44.9 Å². The lowest BCUT2D eigenvalue weighted by molar-refractivity contribution is -0.128. The van der Waals surface area contributed by atoms with Gasteiger partial charge in [-0.3, -0.25) is 4.79 Å². The van der Waals surface area contributed by atoms with E-state index in [1.54, 1.807) is 0 Å². The molecule has 0 aliphatic heterocycles. The summed E-state index contributed by atoms with van der Waals surface area (Å²) in [5, 5.41) is 0. The van der Waals surface area contributed by atoms with Gasteiger partial charge >= 0.3 is 0 Å². The van der Waals surface area contributed by atoms with Crippen molar-refractivity contribution in [1.82, 2.24) is 0 Å². The minimum Gasteiger partial charge on any atom is -0.329 e. The number of carbonyl (C=O) groups excluding carboxylic acids is 1.